The molecule has 43 heavy (non-hydrogen) atoms. The van der Waals surface area contributed by atoms with Gasteiger partial charge < -0.3 is 0 Å². The minimum absolute atomic E-state index is 0.651. The number of hydrogen-bond acceptors (Lipinski definition) is 5. The monoisotopic (exact) mass is 568 g/mol. The topological polar surface area (TPSA) is 51.6 Å². The third kappa shape index (κ3) is 4.86. The van der Waals surface area contributed by atoms with E-state index < -0.39 is 0 Å². The molecule has 6 aromatic carbocycles. The van der Waals surface area contributed by atoms with Crippen LogP contribution in [0, 0.1) is 0 Å². The van der Waals surface area contributed by atoms with Crippen LogP contribution in [-0.4, -0.2) is 19.9 Å². The zero-order chi connectivity index (χ0) is 28.6. The summed E-state index contributed by atoms with van der Waals surface area (Å²) in [6, 6.07) is 49.9. The number of thiazole rings is 1. The Morgan fingerprint density at radius 3 is 1.42 bits per heavy atom. The molecule has 0 bridgehead atoms. The Balaban J connectivity index is 1.18. The molecular formula is C38H24N4S. The van der Waals surface area contributed by atoms with Crippen molar-refractivity contribution < 1.29 is 0 Å². The van der Waals surface area contributed by atoms with E-state index >= 15 is 0 Å². The molecule has 0 radical (unpaired) electrons. The van der Waals surface area contributed by atoms with E-state index in [1.165, 1.54) is 15.5 Å². The lowest BCUT2D eigenvalue weighted by Gasteiger charge is -2.09. The molecule has 202 valence electrons. The highest BCUT2D eigenvalue weighted by molar-refractivity contribution is 7.22. The van der Waals surface area contributed by atoms with Crippen LogP contribution in [-0.2, 0) is 0 Å². The van der Waals surface area contributed by atoms with E-state index in [2.05, 4.69) is 78.9 Å². The molecule has 0 saturated heterocycles. The van der Waals surface area contributed by atoms with Gasteiger partial charge in [-0.15, -0.1) is 11.3 Å². The van der Waals surface area contributed by atoms with Crippen LogP contribution in [0.25, 0.3) is 76.9 Å². The Morgan fingerprint density at radius 2 is 0.837 bits per heavy atom. The van der Waals surface area contributed by atoms with Gasteiger partial charge in [-0.05, 0) is 28.6 Å². The highest BCUT2D eigenvalue weighted by atomic mass is 32.1. The molecule has 0 saturated carbocycles. The lowest BCUT2D eigenvalue weighted by Crippen LogP contribution is -2.00. The Morgan fingerprint density at radius 1 is 0.372 bits per heavy atom. The van der Waals surface area contributed by atoms with Crippen LogP contribution in [0.5, 0.6) is 0 Å². The van der Waals surface area contributed by atoms with Crippen LogP contribution >= 0.6 is 11.3 Å². The number of fused-ring (bicyclic) bond motifs is 3. The minimum atomic E-state index is 0.651. The second-order valence-electron chi connectivity index (χ2n) is 10.4. The van der Waals surface area contributed by atoms with Crippen LogP contribution in [0.1, 0.15) is 0 Å². The van der Waals surface area contributed by atoms with Crippen molar-refractivity contribution in [3.05, 3.63) is 146 Å². The molecule has 0 N–H and O–H groups in total. The molecule has 0 aliphatic heterocycles. The maximum atomic E-state index is 4.94. The summed E-state index contributed by atoms with van der Waals surface area (Å²) in [4.78, 5) is 19.5. The van der Waals surface area contributed by atoms with Gasteiger partial charge in [-0.1, -0.05) is 133 Å². The lowest BCUT2D eigenvalue weighted by atomic mass is 10.00. The molecule has 0 amide bonds. The van der Waals surface area contributed by atoms with Gasteiger partial charge in [0.05, 0.1) is 10.2 Å². The van der Waals surface area contributed by atoms with Gasteiger partial charge in [0.1, 0.15) is 5.01 Å². The van der Waals surface area contributed by atoms with Crippen molar-refractivity contribution in [1.82, 2.24) is 19.9 Å². The first-order valence-electron chi connectivity index (χ1n) is 14.1. The Labute approximate surface area is 253 Å². The number of aromatic nitrogens is 4. The largest absolute Gasteiger partial charge is 0.236 e. The predicted molar refractivity (Wildman–Crippen MR) is 178 cm³/mol. The normalized spacial score (nSPS) is 11.3. The van der Waals surface area contributed by atoms with Crippen LogP contribution in [0.3, 0.4) is 0 Å². The fraction of sp³-hybridized carbons (Fsp3) is 0. The third-order valence-corrected chi connectivity index (χ3v) is 8.72. The van der Waals surface area contributed by atoms with E-state index in [-0.39, 0.29) is 0 Å². The number of nitrogens with zero attached hydrogens (tertiary/aromatic N) is 4. The van der Waals surface area contributed by atoms with Crippen molar-refractivity contribution in [2.45, 2.75) is 0 Å². The van der Waals surface area contributed by atoms with Crippen LogP contribution < -0.4 is 0 Å². The summed E-state index contributed by atoms with van der Waals surface area (Å²) in [5.41, 5.74) is 7.33. The average Bonchev–Trinajstić information content (AvgIpc) is 3.54. The zero-order valence-electron chi connectivity index (χ0n) is 23.1. The van der Waals surface area contributed by atoms with E-state index in [9.17, 15) is 0 Å². The molecule has 0 aliphatic rings. The molecule has 0 fully saturated rings. The second-order valence-corrected chi connectivity index (χ2v) is 11.3. The van der Waals surface area contributed by atoms with E-state index in [0.717, 1.165) is 43.9 Å². The van der Waals surface area contributed by atoms with Gasteiger partial charge in [0.2, 0.25) is 0 Å². The van der Waals surface area contributed by atoms with Crippen LogP contribution in [0.2, 0.25) is 0 Å². The van der Waals surface area contributed by atoms with Gasteiger partial charge in [-0.3, -0.25) is 0 Å². The second kappa shape index (κ2) is 10.7. The van der Waals surface area contributed by atoms with Crippen molar-refractivity contribution >= 4 is 32.3 Å². The summed E-state index contributed by atoms with van der Waals surface area (Å²) < 4.78 is 1.21. The molecule has 0 spiro atoms. The molecule has 5 heteroatoms. The predicted octanol–water partition coefficient (Wildman–Crippen LogP) is 9.97. The lowest BCUT2D eigenvalue weighted by molar-refractivity contribution is 1.07. The first-order valence-corrected chi connectivity index (χ1v) is 15.0. The molecule has 2 aromatic heterocycles. The van der Waals surface area contributed by atoms with Crippen LogP contribution in [0.15, 0.2) is 146 Å². The van der Waals surface area contributed by atoms with Crippen molar-refractivity contribution in [3.63, 3.8) is 0 Å². The maximum Gasteiger partial charge on any atom is 0.164 e. The summed E-state index contributed by atoms with van der Waals surface area (Å²) in [5.74, 6) is 1.97. The van der Waals surface area contributed by atoms with Gasteiger partial charge in [0, 0.05) is 27.6 Å². The Hall–Kier alpha value is -5.52. The molecule has 4 nitrogen and oxygen atoms in total. The van der Waals surface area contributed by atoms with Gasteiger partial charge in [-0.2, -0.15) is 0 Å². The fourth-order valence-corrected chi connectivity index (χ4v) is 6.43. The van der Waals surface area contributed by atoms with Crippen molar-refractivity contribution in [1.29, 1.82) is 0 Å². The number of rotatable bonds is 5. The van der Waals surface area contributed by atoms with Crippen molar-refractivity contribution in [2.75, 3.05) is 0 Å². The summed E-state index contributed by atoms with van der Waals surface area (Å²) >= 11 is 1.75. The first-order chi connectivity index (χ1) is 21.3. The molecule has 0 aliphatic carbocycles. The van der Waals surface area contributed by atoms with E-state index in [1.54, 1.807) is 11.3 Å². The Kier molecular flexibility index (Phi) is 6.28. The quantitative estimate of drug-likeness (QED) is 0.207. The van der Waals surface area contributed by atoms with E-state index in [4.69, 9.17) is 19.9 Å². The SMILES string of the molecule is c1ccc(-c2nc(-c3ccccc3)nc(-c3ccc(-c4ccc5ccc6nc(-c7ccccc7)sc6c5c4)cc3)n2)cc1. The Bertz CT molecular complexity index is 2150. The van der Waals surface area contributed by atoms with Gasteiger partial charge >= 0.3 is 0 Å². The first kappa shape index (κ1) is 25.2. The zero-order valence-corrected chi connectivity index (χ0v) is 23.9. The highest BCUT2D eigenvalue weighted by Crippen LogP contribution is 2.37. The van der Waals surface area contributed by atoms with Gasteiger partial charge in [-0.25, -0.2) is 19.9 Å². The number of hydrogen-bond donors (Lipinski definition) is 0. The van der Waals surface area contributed by atoms with E-state index in [1.807, 2.05) is 66.7 Å². The molecular weight excluding hydrogens is 545 g/mol. The summed E-state index contributed by atoms with van der Waals surface area (Å²) in [5, 5.41) is 3.47. The van der Waals surface area contributed by atoms with Gasteiger partial charge in [0.15, 0.2) is 17.5 Å². The standard InChI is InChI=1S/C38H24N4S/c1-4-10-27(11-5-1)35-40-36(28-12-6-2-7-13-28)42-37(41-35)29-19-16-25(17-20-29)31-21-18-26-22-23-33-34(32(26)24-31)43-38(39-33)30-14-8-3-9-15-30/h1-24H. The maximum absolute atomic E-state index is 4.94. The minimum Gasteiger partial charge on any atom is -0.236 e. The van der Waals surface area contributed by atoms with Gasteiger partial charge in [0.25, 0.3) is 0 Å². The molecule has 0 unspecified atom stereocenters. The van der Waals surface area contributed by atoms with Crippen LogP contribution in [0.4, 0.5) is 0 Å². The molecule has 0 atom stereocenters. The molecule has 8 aromatic rings. The van der Waals surface area contributed by atoms with Crippen molar-refractivity contribution in [2.24, 2.45) is 0 Å². The van der Waals surface area contributed by atoms with E-state index in [0.29, 0.717) is 17.5 Å². The average molecular weight is 569 g/mol. The fourth-order valence-electron chi connectivity index (χ4n) is 5.34. The summed E-state index contributed by atoms with van der Waals surface area (Å²) in [6.07, 6.45) is 0. The summed E-state index contributed by atoms with van der Waals surface area (Å²) in [6.45, 7) is 0. The van der Waals surface area contributed by atoms with Crippen molar-refractivity contribution in [3.8, 4) is 55.9 Å². The summed E-state index contributed by atoms with van der Waals surface area (Å²) in [7, 11) is 0. The molecule has 2 heterocycles. The highest BCUT2D eigenvalue weighted by Gasteiger charge is 2.13. The smallest absolute Gasteiger partial charge is 0.164 e. The number of benzene rings is 6. The third-order valence-electron chi connectivity index (χ3n) is 7.57. The molecule has 8 rings (SSSR count).